The molecule has 1 aromatic heterocycles. The Morgan fingerprint density at radius 2 is 1.83 bits per heavy atom. The van der Waals surface area contributed by atoms with Crippen LogP contribution in [0.3, 0.4) is 0 Å². The molecule has 1 aliphatic rings. The van der Waals surface area contributed by atoms with Gasteiger partial charge in [0.2, 0.25) is 0 Å². The second-order valence-corrected chi connectivity index (χ2v) is 14.0. The van der Waals surface area contributed by atoms with Crippen molar-refractivity contribution in [1.82, 2.24) is 0 Å². The van der Waals surface area contributed by atoms with Crippen LogP contribution in [0.2, 0.25) is 5.02 Å². The lowest BCUT2D eigenvalue weighted by molar-refractivity contribution is 0.102. The van der Waals surface area contributed by atoms with E-state index in [1.807, 2.05) is 54.6 Å². The molecule has 5 rings (SSSR count). The molecule has 1 heterocycles. The molecule has 0 bridgehead atoms. The molecule has 3 aromatic carbocycles. The highest BCUT2D eigenvalue weighted by Crippen LogP contribution is 2.45. The number of fused-ring (bicyclic) bond motifs is 1. The van der Waals surface area contributed by atoms with Gasteiger partial charge in [0.1, 0.15) is 11.6 Å². The van der Waals surface area contributed by atoms with Gasteiger partial charge >= 0.3 is 0 Å². The highest BCUT2D eigenvalue weighted by atomic mass is 79.9. The average molecular weight is 666 g/mol. The zero-order valence-corrected chi connectivity index (χ0v) is 27.3. The fraction of sp³-hybridized carbons (Fsp3) is 0.294. The van der Waals surface area contributed by atoms with E-state index in [9.17, 15) is 4.79 Å². The molecule has 1 N–H and O–H groups in total. The monoisotopic (exact) mass is 664 g/mol. The average Bonchev–Trinajstić information content (AvgIpc) is 3.34. The number of halogens is 2. The molecule has 42 heavy (non-hydrogen) atoms. The number of nitrogens with zero attached hydrogens (tertiary/aromatic N) is 1. The normalized spacial score (nSPS) is 15.0. The third-order valence-electron chi connectivity index (χ3n) is 7.63. The number of methoxy groups -OCH3 is 1. The summed E-state index contributed by atoms with van der Waals surface area (Å²) in [6.45, 7) is 7.31. The van der Waals surface area contributed by atoms with Crippen LogP contribution in [0.5, 0.6) is 11.5 Å². The Morgan fingerprint density at radius 1 is 1.10 bits per heavy atom. The van der Waals surface area contributed by atoms with Gasteiger partial charge < -0.3 is 14.8 Å². The third-order valence-corrected chi connectivity index (χ3v) is 9.57. The number of hydrogen-bond acceptors (Lipinski definition) is 5. The SMILES string of the molecule is COc1cc(C=Nc2sc3c(c2C(=O)Nc2ccc(Cl)cc2)CC[C@H](C(C)(C)C)C3)ccc1OCc1ccc(Br)cc1. The minimum atomic E-state index is -0.148. The Hall–Kier alpha value is -3.13. The van der Waals surface area contributed by atoms with Crippen LogP contribution in [0, 0.1) is 11.3 Å². The summed E-state index contributed by atoms with van der Waals surface area (Å²) in [4.78, 5) is 19.8. The van der Waals surface area contributed by atoms with Crippen molar-refractivity contribution in [2.75, 3.05) is 12.4 Å². The number of amides is 1. The van der Waals surface area contributed by atoms with Gasteiger partial charge in [-0.1, -0.05) is 60.4 Å². The van der Waals surface area contributed by atoms with Crippen LogP contribution in [0.4, 0.5) is 10.7 Å². The number of ether oxygens (including phenoxy) is 2. The van der Waals surface area contributed by atoms with E-state index in [0.717, 1.165) is 45.4 Å². The van der Waals surface area contributed by atoms with Gasteiger partial charge in [0.05, 0.1) is 12.7 Å². The molecule has 218 valence electrons. The number of nitrogens with one attached hydrogen (secondary N) is 1. The first-order valence-corrected chi connectivity index (χ1v) is 15.9. The molecule has 0 unspecified atom stereocenters. The van der Waals surface area contributed by atoms with Crippen LogP contribution >= 0.6 is 38.9 Å². The predicted molar refractivity (Wildman–Crippen MR) is 177 cm³/mol. The van der Waals surface area contributed by atoms with Crippen LogP contribution < -0.4 is 14.8 Å². The maximum Gasteiger partial charge on any atom is 0.259 e. The van der Waals surface area contributed by atoms with E-state index >= 15 is 0 Å². The van der Waals surface area contributed by atoms with Crippen molar-refractivity contribution in [3.63, 3.8) is 0 Å². The van der Waals surface area contributed by atoms with Crippen molar-refractivity contribution < 1.29 is 14.3 Å². The molecule has 1 aliphatic carbocycles. The molecule has 4 aromatic rings. The number of aliphatic imine (C=N–C) groups is 1. The topological polar surface area (TPSA) is 59.9 Å². The third kappa shape index (κ3) is 7.25. The van der Waals surface area contributed by atoms with Crippen molar-refractivity contribution in [2.24, 2.45) is 16.3 Å². The first-order valence-electron chi connectivity index (χ1n) is 13.9. The summed E-state index contributed by atoms with van der Waals surface area (Å²) in [6.07, 6.45) is 4.67. The lowest BCUT2D eigenvalue weighted by atomic mass is 9.72. The summed E-state index contributed by atoms with van der Waals surface area (Å²) < 4.78 is 12.7. The summed E-state index contributed by atoms with van der Waals surface area (Å²) in [5.41, 5.74) is 4.60. The molecule has 5 nitrogen and oxygen atoms in total. The molecule has 8 heteroatoms. The number of anilines is 1. The van der Waals surface area contributed by atoms with Gasteiger partial charge in [0.25, 0.3) is 5.91 Å². The molecule has 0 aliphatic heterocycles. The zero-order valence-electron chi connectivity index (χ0n) is 24.2. The summed E-state index contributed by atoms with van der Waals surface area (Å²) in [7, 11) is 1.63. The zero-order chi connectivity index (χ0) is 29.9. The fourth-order valence-electron chi connectivity index (χ4n) is 5.12. The van der Waals surface area contributed by atoms with Crippen molar-refractivity contribution in [3.8, 4) is 11.5 Å². The van der Waals surface area contributed by atoms with E-state index in [-0.39, 0.29) is 11.3 Å². The van der Waals surface area contributed by atoms with Crippen LogP contribution in [0.25, 0.3) is 0 Å². The molecule has 0 spiro atoms. The lowest BCUT2D eigenvalue weighted by Gasteiger charge is -2.33. The Bertz CT molecular complexity index is 1590. The smallest absolute Gasteiger partial charge is 0.259 e. The molecule has 1 amide bonds. The van der Waals surface area contributed by atoms with Gasteiger partial charge in [0.15, 0.2) is 11.5 Å². The molecular weight excluding hydrogens is 632 g/mol. The van der Waals surface area contributed by atoms with Crippen LogP contribution in [0.15, 0.2) is 76.2 Å². The molecule has 0 radical (unpaired) electrons. The van der Waals surface area contributed by atoms with Crippen molar-refractivity contribution in [3.05, 3.63) is 103 Å². The number of carbonyl (C=O) groups excluding carboxylic acids is 1. The van der Waals surface area contributed by atoms with Gasteiger partial charge in [-0.15, -0.1) is 11.3 Å². The van der Waals surface area contributed by atoms with Gasteiger partial charge in [-0.25, -0.2) is 4.99 Å². The first kappa shape index (κ1) is 30.3. The molecule has 0 fully saturated rings. The molecule has 0 saturated carbocycles. The molecule has 0 saturated heterocycles. The van der Waals surface area contributed by atoms with Crippen molar-refractivity contribution >= 4 is 61.7 Å². The minimum Gasteiger partial charge on any atom is -0.493 e. The number of carbonyl (C=O) groups is 1. The lowest BCUT2D eigenvalue weighted by Crippen LogP contribution is -2.27. The van der Waals surface area contributed by atoms with Crippen molar-refractivity contribution in [2.45, 2.75) is 46.6 Å². The predicted octanol–water partition coefficient (Wildman–Crippen LogP) is 9.91. The van der Waals surface area contributed by atoms with E-state index in [1.165, 1.54) is 4.88 Å². The summed E-state index contributed by atoms with van der Waals surface area (Å²) >= 11 is 11.1. The van der Waals surface area contributed by atoms with Crippen molar-refractivity contribution in [1.29, 1.82) is 0 Å². The Morgan fingerprint density at radius 3 is 2.52 bits per heavy atom. The van der Waals surface area contributed by atoms with Gasteiger partial charge in [-0.2, -0.15) is 0 Å². The van der Waals surface area contributed by atoms with E-state index in [2.05, 4.69) is 42.0 Å². The summed E-state index contributed by atoms with van der Waals surface area (Å²) in [5.74, 6) is 1.68. The summed E-state index contributed by atoms with van der Waals surface area (Å²) in [5, 5.41) is 4.40. The Balaban J connectivity index is 1.41. The number of benzene rings is 3. The number of rotatable bonds is 8. The van der Waals surface area contributed by atoms with E-state index in [1.54, 1.807) is 36.8 Å². The quantitative estimate of drug-likeness (QED) is 0.191. The highest BCUT2D eigenvalue weighted by Gasteiger charge is 2.33. The van der Waals surface area contributed by atoms with Gasteiger partial charge in [-0.05, 0) is 102 Å². The number of hydrogen-bond donors (Lipinski definition) is 1. The highest BCUT2D eigenvalue weighted by molar-refractivity contribution is 9.10. The van der Waals surface area contributed by atoms with E-state index < -0.39 is 0 Å². The Kier molecular flexibility index (Phi) is 9.41. The Labute approximate surface area is 265 Å². The van der Waals surface area contributed by atoms with Crippen LogP contribution in [-0.4, -0.2) is 19.2 Å². The largest absolute Gasteiger partial charge is 0.493 e. The summed E-state index contributed by atoms with van der Waals surface area (Å²) in [6, 6.07) is 20.9. The second-order valence-electron chi connectivity index (χ2n) is 11.5. The molecular formula is C34H34BrClN2O3S. The van der Waals surface area contributed by atoms with E-state index in [4.69, 9.17) is 26.1 Å². The second kappa shape index (κ2) is 13.0. The van der Waals surface area contributed by atoms with Crippen LogP contribution in [0.1, 0.15) is 59.1 Å². The fourth-order valence-corrected chi connectivity index (χ4v) is 6.78. The maximum absolute atomic E-state index is 13.6. The van der Waals surface area contributed by atoms with Gasteiger partial charge in [-0.3, -0.25) is 4.79 Å². The van der Waals surface area contributed by atoms with E-state index in [0.29, 0.717) is 40.3 Å². The first-order chi connectivity index (χ1) is 20.1. The maximum atomic E-state index is 13.6. The number of thiophene rings is 1. The van der Waals surface area contributed by atoms with Gasteiger partial charge in [0, 0.05) is 26.3 Å². The van der Waals surface area contributed by atoms with Crippen LogP contribution in [-0.2, 0) is 19.4 Å². The minimum absolute atomic E-state index is 0.148. The standard InChI is InChI=1S/C34H34BrClN2O3S/c1-34(2,3)23-8-15-27-30(18-23)42-33(31(27)32(39)38-26-13-11-25(36)12-14-26)37-19-22-7-16-28(29(17-22)40-4)41-20-21-5-9-24(35)10-6-21/h5-7,9-14,16-17,19,23H,8,15,18,20H2,1-4H3,(H,38,39)/t23-/m0/s1. The molecule has 1 atom stereocenters.